The van der Waals surface area contributed by atoms with Crippen LogP contribution in [0, 0.1) is 0 Å². The van der Waals surface area contributed by atoms with Crippen LogP contribution in [0.15, 0.2) is 12.4 Å². The largest absolute Gasteiger partial charge is 0.486 e. The minimum Gasteiger partial charge on any atom is -0.486 e. The summed E-state index contributed by atoms with van der Waals surface area (Å²) < 4.78 is 13.0. The van der Waals surface area contributed by atoms with E-state index in [1.54, 1.807) is 10.9 Å². The molecule has 2 atom stereocenters. The minimum absolute atomic E-state index is 0.139. The van der Waals surface area contributed by atoms with Crippen LogP contribution in [0.5, 0.6) is 5.75 Å². The molecule has 5 nitrogen and oxygen atoms in total. The number of aryl methyl sites for hydroxylation is 1. The van der Waals surface area contributed by atoms with E-state index >= 15 is 0 Å². The van der Waals surface area contributed by atoms with E-state index in [0.717, 1.165) is 25.4 Å². The van der Waals surface area contributed by atoms with Crippen LogP contribution in [0.3, 0.4) is 0 Å². The molecule has 1 N–H and O–H groups in total. The van der Waals surface area contributed by atoms with Crippen molar-refractivity contribution >= 4 is 0 Å². The first kappa shape index (κ1) is 12.4. The number of nitrogens with one attached hydrogen (secondary N) is 1. The number of rotatable bonds is 6. The third-order valence-electron chi connectivity index (χ3n) is 2.85. The first-order valence-electron chi connectivity index (χ1n) is 6.21. The maximum absolute atomic E-state index is 5.71. The molecule has 1 aliphatic rings. The zero-order valence-electron chi connectivity index (χ0n) is 10.6. The number of nitrogens with zero attached hydrogens (tertiary/aromatic N) is 2. The quantitative estimate of drug-likeness (QED) is 0.803. The summed E-state index contributed by atoms with van der Waals surface area (Å²) in [5.74, 6) is 0.818. The average molecular weight is 239 g/mol. The van der Waals surface area contributed by atoms with Crippen LogP contribution in [0.4, 0.5) is 0 Å². The van der Waals surface area contributed by atoms with E-state index in [0.29, 0.717) is 6.10 Å². The molecule has 0 amide bonds. The fraction of sp³-hybridized carbons (Fsp3) is 0.750. The number of hydrogen-bond donors (Lipinski definition) is 1. The smallest absolute Gasteiger partial charge is 0.157 e. The third-order valence-corrected chi connectivity index (χ3v) is 2.85. The van der Waals surface area contributed by atoms with Crippen molar-refractivity contribution in [2.75, 3.05) is 19.7 Å². The molecule has 96 valence electrons. The van der Waals surface area contributed by atoms with Crippen molar-refractivity contribution in [1.29, 1.82) is 0 Å². The summed E-state index contributed by atoms with van der Waals surface area (Å²) in [7, 11) is 1.88. The predicted molar refractivity (Wildman–Crippen MR) is 65.1 cm³/mol. The Morgan fingerprint density at radius 2 is 2.59 bits per heavy atom. The van der Waals surface area contributed by atoms with Crippen molar-refractivity contribution in [3.05, 3.63) is 12.4 Å². The monoisotopic (exact) mass is 239 g/mol. The van der Waals surface area contributed by atoms with E-state index in [9.17, 15) is 0 Å². The van der Waals surface area contributed by atoms with Gasteiger partial charge in [0.15, 0.2) is 5.75 Å². The topological polar surface area (TPSA) is 48.3 Å². The zero-order chi connectivity index (χ0) is 12.1. The molecule has 0 spiro atoms. The van der Waals surface area contributed by atoms with Crippen LogP contribution in [-0.4, -0.2) is 41.7 Å². The zero-order valence-corrected chi connectivity index (χ0v) is 10.6. The van der Waals surface area contributed by atoms with E-state index in [2.05, 4.69) is 17.3 Å². The van der Waals surface area contributed by atoms with E-state index in [1.807, 2.05) is 13.2 Å². The molecule has 0 radical (unpaired) electrons. The highest BCUT2D eigenvalue weighted by molar-refractivity contribution is 5.11. The molecule has 5 heteroatoms. The molecule has 1 saturated heterocycles. The summed E-state index contributed by atoms with van der Waals surface area (Å²) in [6.45, 7) is 4.71. The molecule has 2 heterocycles. The predicted octanol–water partition coefficient (Wildman–Crippen LogP) is 0.956. The van der Waals surface area contributed by atoms with Crippen LogP contribution in [-0.2, 0) is 11.8 Å². The highest BCUT2D eigenvalue weighted by Crippen LogP contribution is 2.11. The molecule has 1 aromatic rings. The van der Waals surface area contributed by atoms with Gasteiger partial charge in [-0.2, -0.15) is 5.10 Å². The third kappa shape index (κ3) is 4.02. The Morgan fingerprint density at radius 1 is 1.71 bits per heavy atom. The Kier molecular flexibility index (Phi) is 4.39. The van der Waals surface area contributed by atoms with Crippen LogP contribution in [0.2, 0.25) is 0 Å². The minimum atomic E-state index is 0.139. The Labute approximate surface area is 102 Å². The molecule has 1 aromatic heterocycles. The Hall–Kier alpha value is -1.07. The molecule has 1 aliphatic heterocycles. The van der Waals surface area contributed by atoms with E-state index in [1.165, 1.54) is 12.8 Å². The van der Waals surface area contributed by atoms with Crippen molar-refractivity contribution in [3.8, 4) is 5.75 Å². The summed E-state index contributed by atoms with van der Waals surface area (Å²) >= 11 is 0. The molecule has 0 saturated carbocycles. The average Bonchev–Trinajstić information content (AvgIpc) is 2.90. The lowest BCUT2D eigenvalue weighted by molar-refractivity contribution is 0.106. The molecular weight excluding hydrogens is 218 g/mol. The number of ether oxygens (including phenoxy) is 2. The standard InChI is InChI=1S/C12H21N3O2/c1-10(17-12-8-14-15(2)9-12)6-13-7-11-4-3-5-16-11/h8-11,13H,3-7H2,1-2H3. The highest BCUT2D eigenvalue weighted by Gasteiger charge is 2.15. The highest BCUT2D eigenvalue weighted by atomic mass is 16.5. The van der Waals surface area contributed by atoms with Gasteiger partial charge in [0.1, 0.15) is 6.10 Å². The summed E-state index contributed by atoms with van der Waals surface area (Å²) in [6.07, 6.45) is 6.49. The van der Waals surface area contributed by atoms with E-state index in [-0.39, 0.29) is 6.10 Å². The SMILES string of the molecule is CC(CNCC1CCCO1)Oc1cnn(C)c1. The second-order valence-corrected chi connectivity index (χ2v) is 4.57. The molecule has 2 unspecified atom stereocenters. The first-order valence-corrected chi connectivity index (χ1v) is 6.21. The lowest BCUT2D eigenvalue weighted by Crippen LogP contribution is -2.34. The maximum atomic E-state index is 5.71. The fourth-order valence-corrected chi connectivity index (χ4v) is 1.99. The van der Waals surface area contributed by atoms with Gasteiger partial charge in [-0.05, 0) is 19.8 Å². The van der Waals surface area contributed by atoms with Gasteiger partial charge in [0.2, 0.25) is 0 Å². The van der Waals surface area contributed by atoms with Gasteiger partial charge in [0.25, 0.3) is 0 Å². The van der Waals surface area contributed by atoms with Crippen LogP contribution in [0.25, 0.3) is 0 Å². The Balaban J connectivity index is 1.61. The van der Waals surface area contributed by atoms with E-state index in [4.69, 9.17) is 9.47 Å². The van der Waals surface area contributed by atoms with Gasteiger partial charge in [0, 0.05) is 26.7 Å². The fourth-order valence-electron chi connectivity index (χ4n) is 1.99. The van der Waals surface area contributed by atoms with Gasteiger partial charge in [0.05, 0.1) is 18.5 Å². The molecule has 0 aliphatic carbocycles. The van der Waals surface area contributed by atoms with Crippen LogP contribution < -0.4 is 10.1 Å². The summed E-state index contributed by atoms with van der Waals surface area (Å²) in [5, 5.41) is 7.44. The number of hydrogen-bond acceptors (Lipinski definition) is 4. The van der Waals surface area contributed by atoms with Gasteiger partial charge in [-0.15, -0.1) is 0 Å². The second kappa shape index (κ2) is 6.02. The summed E-state index contributed by atoms with van der Waals surface area (Å²) in [4.78, 5) is 0. The van der Waals surface area contributed by atoms with Crippen LogP contribution in [0.1, 0.15) is 19.8 Å². The van der Waals surface area contributed by atoms with Crippen molar-refractivity contribution in [2.24, 2.45) is 7.05 Å². The molecule has 0 aromatic carbocycles. The summed E-state index contributed by atoms with van der Waals surface area (Å²) in [6, 6.07) is 0. The van der Waals surface area contributed by atoms with E-state index < -0.39 is 0 Å². The Morgan fingerprint density at radius 3 is 3.24 bits per heavy atom. The van der Waals surface area contributed by atoms with Gasteiger partial charge < -0.3 is 14.8 Å². The second-order valence-electron chi connectivity index (χ2n) is 4.57. The molecular formula is C12H21N3O2. The van der Waals surface area contributed by atoms with Gasteiger partial charge >= 0.3 is 0 Å². The van der Waals surface area contributed by atoms with Crippen molar-refractivity contribution in [2.45, 2.75) is 32.0 Å². The normalized spacial score (nSPS) is 21.6. The maximum Gasteiger partial charge on any atom is 0.157 e. The molecule has 0 bridgehead atoms. The van der Waals surface area contributed by atoms with Crippen LogP contribution >= 0.6 is 0 Å². The lowest BCUT2D eigenvalue weighted by Gasteiger charge is -2.16. The molecule has 1 fully saturated rings. The molecule has 17 heavy (non-hydrogen) atoms. The lowest BCUT2D eigenvalue weighted by atomic mass is 10.2. The van der Waals surface area contributed by atoms with Gasteiger partial charge in [-0.1, -0.05) is 0 Å². The van der Waals surface area contributed by atoms with Gasteiger partial charge in [-0.3, -0.25) is 4.68 Å². The van der Waals surface area contributed by atoms with Crippen molar-refractivity contribution in [3.63, 3.8) is 0 Å². The molecule has 2 rings (SSSR count). The van der Waals surface area contributed by atoms with Crippen molar-refractivity contribution < 1.29 is 9.47 Å². The Bertz CT molecular complexity index is 334. The van der Waals surface area contributed by atoms with Gasteiger partial charge in [-0.25, -0.2) is 0 Å². The summed E-state index contributed by atoms with van der Waals surface area (Å²) in [5.41, 5.74) is 0. The van der Waals surface area contributed by atoms with Crippen molar-refractivity contribution in [1.82, 2.24) is 15.1 Å². The number of aromatic nitrogens is 2. The first-order chi connectivity index (χ1) is 8.24.